The van der Waals surface area contributed by atoms with Gasteiger partial charge in [-0.3, -0.25) is 9.12 Å². The predicted molar refractivity (Wildman–Crippen MR) is 87.2 cm³/mol. The smallest absolute Gasteiger partial charge is 0.281 e. The van der Waals surface area contributed by atoms with Gasteiger partial charge in [-0.15, -0.1) is 11.3 Å². The highest BCUT2D eigenvalue weighted by atomic mass is 79.9. The summed E-state index contributed by atoms with van der Waals surface area (Å²) in [5.41, 5.74) is 7.05. The SMILES string of the molecule is Cc1cc(Br)ccc1NS(=O)(=O)c1c(N)nc2sccn12. The van der Waals surface area contributed by atoms with Crippen LogP contribution in [-0.2, 0) is 10.0 Å². The molecule has 3 rings (SSSR count). The average molecular weight is 387 g/mol. The zero-order valence-corrected chi connectivity index (χ0v) is 14.1. The van der Waals surface area contributed by atoms with Crippen molar-refractivity contribution in [2.75, 3.05) is 10.5 Å². The van der Waals surface area contributed by atoms with Crippen LogP contribution in [0.2, 0.25) is 0 Å². The molecule has 6 nitrogen and oxygen atoms in total. The zero-order valence-electron chi connectivity index (χ0n) is 10.9. The van der Waals surface area contributed by atoms with Crippen LogP contribution in [0.1, 0.15) is 5.56 Å². The van der Waals surface area contributed by atoms with Crippen molar-refractivity contribution in [3.8, 4) is 0 Å². The molecule has 3 N–H and O–H groups in total. The Morgan fingerprint density at radius 2 is 2.19 bits per heavy atom. The Balaban J connectivity index is 2.08. The van der Waals surface area contributed by atoms with Gasteiger partial charge >= 0.3 is 0 Å². The van der Waals surface area contributed by atoms with Crippen molar-refractivity contribution in [1.29, 1.82) is 0 Å². The molecule has 0 aliphatic rings. The third kappa shape index (κ3) is 2.52. The van der Waals surface area contributed by atoms with Gasteiger partial charge in [0.1, 0.15) is 0 Å². The van der Waals surface area contributed by atoms with E-state index in [0.29, 0.717) is 10.6 Å². The maximum absolute atomic E-state index is 12.6. The molecule has 0 unspecified atom stereocenters. The molecule has 0 spiro atoms. The highest BCUT2D eigenvalue weighted by molar-refractivity contribution is 9.10. The largest absolute Gasteiger partial charge is 0.381 e. The van der Waals surface area contributed by atoms with Gasteiger partial charge in [-0.2, -0.15) is 8.42 Å². The molecule has 0 radical (unpaired) electrons. The number of thiazole rings is 1. The lowest BCUT2D eigenvalue weighted by Crippen LogP contribution is -2.17. The first kappa shape index (κ1) is 14.4. The Hall–Kier alpha value is -1.58. The van der Waals surface area contributed by atoms with E-state index in [1.807, 2.05) is 13.0 Å². The van der Waals surface area contributed by atoms with Gasteiger partial charge in [0.05, 0.1) is 5.69 Å². The van der Waals surface area contributed by atoms with Gasteiger partial charge in [-0.1, -0.05) is 15.9 Å². The number of nitrogens with zero attached hydrogens (tertiary/aromatic N) is 2. The third-order valence-corrected chi connectivity index (χ3v) is 5.58. The maximum Gasteiger partial charge on any atom is 0.281 e. The lowest BCUT2D eigenvalue weighted by atomic mass is 10.2. The van der Waals surface area contributed by atoms with Gasteiger partial charge in [0.2, 0.25) is 5.03 Å². The number of rotatable bonds is 3. The van der Waals surface area contributed by atoms with Crippen LogP contribution < -0.4 is 10.5 Å². The zero-order chi connectivity index (χ0) is 15.2. The van der Waals surface area contributed by atoms with Crippen LogP contribution in [0.25, 0.3) is 4.96 Å². The molecule has 0 amide bonds. The number of sulfonamides is 1. The monoisotopic (exact) mass is 386 g/mol. The Labute approximate surface area is 133 Å². The molecule has 110 valence electrons. The van der Waals surface area contributed by atoms with Crippen LogP contribution in [0, 0.1) is 6.92 Å². The normalized spacial score (nSPS) is 11.9. The van der Waals surface area contributed by atoms with E-state index < -0.39 is 10.0 Å². The summed E-state index contributed by atoms with van der Waals surface area (Å²) in [6, 6.07) is 5.29. The molecule has 2 heterocycles. The molecule has 9 heteroatoms. The predicted octanol–water partition coefficient (Wildman–Crippen LogP) is 2.85. The fraction of sp³-hybridized carbons (Fsp3) is 0.0833. The van der Waals surface area contributed by atoms with Crippen molar-refractivity contribution in [1.82, 2.24) is 9.38 Å². The first-order valence-electron chi connectivity index (χ1n) is 5.88. The fourth-order valence-electron chi connectivity index (χ4n) is 1.98. The number of imidazole rings is 1. The van der Waals surface area contributed by atoms with Crippen LogP contribution in [0.5, 0.6) is 0 Å². The number of hydrogen-bond acceptors (Lipinski definition) is 5. The molecule has 0 aliphatic carbocycles. The van der Waals surface area contributed by atoms with Crippen molar-refractivity contribution in [3.63, 3.8) is 0 Å². The van der Waals surface area contributed by atoms with E-state index in [1.54, 1.807) is 23.7 Å². The molecule has 0 bridgehead atoms. The van der Waals surface area contributed by atoms with Crippen LogP contribution >= 0.6 is 27.3 Å². The second-order valence-corrected chi connectivity index (χ2v) is 7.81. The molecule has 0 atom stereocenters. The number of hydrogen-bond donors (Lipinski definition) is 2. The van der Waals surface area contributed by atoms with Gasteiger partial charge in [0.25, 0.3) is 10.0 Å². The molecule has 0 saturated heterocycles. The topological polar surface area (TPSA) is 89.5 Å². The number of nitrogens with two attached hydrogens (primary N) is 1. The summed E-state index contributed by atoms with van der Waals surface area (Å²) >= 11 is 4.67. The lowest BCUT2D eigenvalue weighted by Gasteiger charge is -2.10. The Bertz CT molecular complexity index is 930. The molecule has 0 aliphatic heterocycles. The van der Waals surface area contributed by atoms with E-state index in [-0.39, 0.29) is 10.8 Å². The molecule has 0 saturated carbocycles. The Morgan fingerprint density at radius 1 is 1.43 bits per heavy atom. The lowest BCUT2D eigenvalue weighted by molar-refractivity contribution is 0.597. The number of benzene rings is 1. The van der Waals surface area contributed by atoms with E-state index in [1.165, 1.54) is 15.7 Å². The number of anilines is 2. The summed E-state index contributed by atoms with van der Waals surface area (Å²) in [6.45, 7) is 1.82. The number of halogens is 1. The summed E-state index contributed by atoms with van der Waals surface area (Å²) in [5.74, 6) is -0.0101. The van der Waals surface area contributed by atoms with Crippen LogP contribution in [-0.4, -0.2) is 17.8 Å². The Morgan fingerprint density at radius 3 is 2.90 bits per heavy atom. The summed E-state index contributed by atoms with van der Waals surface area (Å²) in [6.07, 6.45) is 1.63. The van der Waals surface area contributed by atoms with E-state index >= 15 is 0 Å². The second-order valence-electron chi connectivity index (χ2n) is 4.42. The minimum Gasteiger partial charge on any atom is -0.381 e. The van der Waals surface area contributed by atoms with Gasteiger partial charge in [-0.05, 0) is 30.7 Å². The average Bonchev–Trinajstić information content (AvgIpc) is 2.91. The van der Waals surface area contributed by atoms with E-state index in [0.717, 1.165) is 10.0 Å². The molecule has 0 fully saturated rings. The van der Waals surface area contributed by atoms with Gasteiger partial charge in [0.15, 0.2) is 10.8 Å². The number of nitrogens with one attached hydrogen (secondary N) is 1. The maximum atomic E-state index is 12.6. The van der Waals surface area contributed by atoms with Crippen LogP contribution in [0.3, 0.4) is 0 Å². The van der Waals surface area contributed by atoms with Crippen LogP contribution in [0.15, 0.2) is 39.3 Å². The van der Waals surface area contributed by atoms with Gasteiger partial charge in [0, 0.05) is 16.0 Å². The summed E-state index contributed by atoms with van der Waals surface area (Å²) in [7, 11) is -3.82. The quantitative estimate of drug-likeness (QED) is 0.723. The standard InChI is InChI=1S/C12H11BrN4O2S2/c1-7-6-8(13)2-3-9(7)16-21(18,19)11-10(14)15-12-17(11)4-5-20-12/h2-6,16H,14H2,1H3. The molecular formula is C12H11BrN4O2S2. The first-order valence-corrected chi connectivity index (χ1v) is 9.04. The molecule has 3 aromatic rings. The number of aryl methyl sites for hydroxylation is 1. The van der Waals surface area contributed by atoms with Gasteiger partial charge in [-0.25, -0.2) is 4.98 Å². The number of nitrogen functional groups attached to an aromatic ring is 1. The summed E-state index contributed by atoms with van der Waals surface area (Å²) in [5, 5.41) is 1.71. The third-order valence-electron chi connectivity index (χ3n) is 2.93. The van der Waals surface area contributed by atoms with Crippen molar-refractivity contribution in [2.45, 2.75) is 11.9 Å². The first-order chi connectivity index (χ1) is 9.88. The van der Waals surface area contributed by atoms with E-state index in [9.17, 15) is 8.42 Å². The van der Waals surface area contributed by atoms with Crippen molar-refractivity contribution < 1.29 is 8.42 Å². The minimum atomic E-state index is -3.82. The minimum absolute atomic E-state index is 0.0101. The highest BCUT2D eigenvalue weighted by Crippen LogP contribution is 2.27. The Kier molecular flexibility index (Phi) is 3.42. The molecular weight excluding hydrogens is 376 g/mol. The summed E-state index contributed by atoms with van der Waals surface area (Å²) < 4.78 is 30.1. The van der Waals surface area contributed by atoms with E-state index in [2.05, 4.69) is 25.6 Å². The van der Waals surface area contributed by atoms with E-state index in [4.69, 9.17) is 5.73 Å². The molecule has 1 aromatic carbocycles. The fourth-order valence-corrected chi connectivity index (χ4v) is 4.58. The molecule has 2 aromatic heterocycles. The van der Waals surface area contributed by atoms with Crippen LogP contribution in [0.4, 0.5) is 11.5 Å². The summed E-state index contributed by atoms with van der Waals surface area (Å²) in [4.78, 5) is 4.59. The second kappa shape index (κ2) is 5.00. The van der Waals surface area contributed by atoms with Crippen molar-refractivity contribution in [3.05, 3.63) is 39.8 Å². The molecule has 21 heavy (non-hydrogen) atoms. The van der Waals surface area contributed by atoms with Crippen molar-refractivity contribution in [2.24, 2.45) is 0 Å². The number of fused-ring (bicyclic) bond motifs is 1. The van der Waals surface area contributed by atoms with Gasteiger partial charge < -0.3 is 5.73 Å². The van der Waals surface area contributed by atoms with Crippen molar-refractivity contribution >= 4 is 53.8 Å². The number of aromatic nitrogens is 2. The highest BCUT2D eigenvalue weighted by Gasteiger charge is 2.25.